The monoisotopic (exact) mass is 253 g/mol. The number of halogens is 1. The van der Waals surface area contributed by atoms with E-state index in [4.69, 9.17) is 16.7 Å². The topological polar surface area (TPSA) is 23.5 Å². The molecule has 0 saturated heterocycles. The van der Waals surface area contributed by atoms with Crippen LogP contribution in [0.5, 0.6) is 0 Å². The summed E-state index contributed by atoms with van der Waals surface area (Å²) in [7, 11) is 2.07. The Morgan fingerprint density at radius 1 is 1.47 bits per heavy atom. The standard InChI is InChI=1S/C14H20ClNO/c1-16(7-8-17)10-12-4-2-3-11-9-13(15)5-6-14(11)12/h5-6,9,12,17H,2-4,7-8,10H2,1H3. The summed E-state index contributed by atoms with van der Waals surface area (Å²) in [5.41, 5.74) is 2.86. The van der Waals surface area contributed by atoms with Gasteiger partial charge >= 0.3 is 0 Å². The van der Waals surface area contributed by atoms with E-state index in [-0.39, 0.29) is 6.61 Å². The molecule has 2 nitrogen and oxygen atoms in total. The summed E-state index contributed by atoms with van der Waals surface area (Å²) >= 11 is 6.04. The molecule has 1 aliphatic rings. The minimum atomic E-state index is 0.233. The zero-order chi connectivity index (χ0) is 12.3. The third-order valence-electron chi connectivity index (χ3n) is 3.56. The lowest BCUT2D eigenvalue weighted by atomic mass is 9.82. The predicted octanol–water partition coefficient (Wildman–Crippen LogP) is 2.68. The third-order valence-corrected chi connectivity index (χ3v) is 3.79. The smallest absolute Gasteiger partial charge is 0.0558 e. The molecular weight excluding hydrogens is 234 g/mol. The van der Waals surface area contributed by atoms with Gasteiger partial charge < -0.3 is 10.0 Å². The number of fused-ring (bicyclic) bond motifs is 1. The fraction of sp³-hybridized carbons (Fsp3) is 0.571. The Kier molecular flexibility index (Phi) is 4.43. The van der Waals surface area contributed by atoms with Crippen LogP contribution in [0.25, 0.3) is 0 Å². The van der Waals surface area contributed by atoms with Gasteiger partial charge in [-0.1, -0.05) is 17.7 Å². The van der Waals surface area contributed by atoms with Gasteiger partial charge in [0.25, 0.3) is 0 Å². The number of hydrogen-bond donors (Lipinski definition) is 1. The minimum absolute atomic E-state index is 0.233. The molecule has 0 radical (unpaired) electrons. The number of benzene rings is 1. The van der Waals surface area contributed by atoms with Crippen molar-refractivity contribution in [2.45, 2.75) is 25.2 Å². The van der Waals surface area contributed by atoms with Crippen LogP contribution in [-0.2, 0) is 6.42 Å². The highest BCUT2D eigenvalue weighted by Crippen LogP contribution is 2.33. The highest BCUT2D eigenvalue weighted by molar-refractivity contribution is 6.30. The van der Waals surface area contributed by atoms with E-state index in [0.717, 1.165) is 24.5 Å². The zero-order valence-corrected chi connectivity index (χ0v) is 11.1. The van der Waals surface area contributed by atoms with Gasteiger partial charge in [0, 0.05) is 18.1 Å². The summed E-state index contributed by atoms with van der Waals surface area (Å²) in [4.78, 5) is 2.20. The molecule has 1 aromatic carbocycles. The molecule has 0 spiro atoms. The normalized spacial score (nSPS) is 19.4. The maximum absolute atomic E-state index is 8.94. The molecule has 0 amide bonds. The summed E-state index contributed by atoms with van der Waals surface area (Å²) in [6.45, 7) is 2.01. The van der Waals surface area contributed by atoms with Crippen LogP contribution in [0, 0.1) is 0 Å². The van der Waals surface area contributed by atoms with E-state index in [1.165, 1.54) is 24.0 Å². The first-order valence-electron chi connectivity index (χ1n) is 6.28. The van der Waals surface area contributed by atoms with Crippen molar-refractivity contribution in [3.63, 3.8) is 0 Å². The quantitative estimate of drug-likeness (QED) is 0.892. The van der Waals surface area contributed by atoms with Gasteiger partial charge in [-0.15, -0.1) is 0 Å². The van der Waals surface area contributed by atoms with Crippen molar-refractivity contribution in [2.24, 2.45) is 0 Å². The first kappa shape index (κ1) is 12.9. The van der Waals surface area contributed by atoms with Crippen molar-refractivity contribution in [2.75, 3.05) is 26.7 Å². The highest BCUT2D eigenvalue weighted by Gasteiger charge is 2.21. The van der Waals surface area contributed by atoms with Gasteiger partial charge in [0.05, 0.1) is 6.61 Å². The Balaban J connectivity index is 2.11. The number of nitrogens with zero attached hydrogens (tertiary/aromatic N) is 1. The SMILES string of the molecule is CN(CCO)CC1CCCc2cc(Cl)ccc21. The first-order valence-corrected chi connectivity index (χ1v) is 6.66. The van der Waals surface area contributed by atoms with Gasteiger partial charge in [-0.25, -0.2) is 0 Å². The predicted molar refractivity (Wildman–Crippen MR) is 71.7 cm³/mol. The summed E-state index contributed by atoms with van der Waals surface area (Å²) in [6.07, 6.45) is 3.63. The first-order chi connectivity index (χ1) is 8.20. The number of rotatable bonds is 4. The number of aryl methyl sites for hydroxylation is 1. The molecule has 0 fully saturated rings. The Morgan fingerprint density at radius 3 is 3.06 bits per heavy atom. The summed E-state index contributed by atoms with van der Waals surface area (Å²) in [6, 6.07) is 6.27. The fourth-order valence-corrected chi connectivity index (χ4v) is 2.91. The van der Waals surface area contributed by atoms with E-state index >= 15 is 0 Å². The van der Waals surface area contributed by atoms with E-state index in [1.807, 2.05) is 6.07 Å². The molecule has 94 valence electrons. The Hall–Kier alpha value is -0.570. The number of likely N-dealkylation sites (N-methyl/N-ethyl adjacent to an activating group) is 1. The Labute approximate surface area is 108 Å². The largest absolute Gasteiger partial charge is 0.395 e. The van der Waals surface area contributed by atoms with E-state index in [9.17, 15) is 0 Å². The van der Waals surface area contributed by atoms with Gasteiger partial charge in [-0.2, -0.15) is 0 Å². The van der Waals surface area contributed by atoms with Gasteiger partial charge in [-0.05, 0) is 55.5 Å². The van der Waals surface area contributed by atoms with Crippen molar-refractivity contribution in [3.8, 4) is 0 Å². The second-order valence-corrected chi connectivity index (χ2v) is 5.35. The van der Waals surface area contributed by atoms with Gasteiger partial charge in [-0.3, -0.25) is 0 Å². The molecule has 0 bridgehead atoms. The molecule has 17 heavy (non-hydrogen) atoms. The van der Waals surface area contributed by atoms with E-state index in [0.29, 0.717) is 5.92 Å². The summed E-state index contributed by atoms with van der Waals surface area (Å²) < 4.78 is 0. The number of aliphatic hydroxyl groups excluding tert-OH is 1. The molecule has 0 aliphatic heterocycles. The number of aliphatic hydroxyl groups is 1. The molecule has 0 heterocycles. The minimum Gasteiger partial charge on any atom is -0.395 e. The van der Waals surface area contributed by atoms with E-state index in [2.05, 4.69) is 24.1 Å². The molecule has 0 aromatic heterocycles. The van der Waals surface area contributed by atoms with Crippen molar-refractivity contribution in [1.82, 2.24) is 4.90 Å². The van der Waals surface area contributed by atoms with Crippen LogP contribution in [0.3, 0.4) is 0 Å². The maximum Gasteiger partial charge on any atom is 0.0558 e. The van der Waals surface area contributed by atoms with Crippen LogP contribution in [-0.4, -0.2) is 36.8 Å². The van der Waals surface area contributed by atoms with Gasteiger partial charge in [0.2, 0.25) is 0 Å². The third kappa shape index (κ3) is 3.21. The second-order valence-electron chi connectivity index (χ2n) is 4.92. The maximum atomic E-state index is 8.94. The van der Waals surface area contributed by atoms with Crippen LogP contribution < -0.4 is 0 Å². The Bertz CT molecular complexity index is 380. The van der Waals surface area contributed by atoms with Crippen molar-refractivity contribution in [1.29, 1.82) is 0 Å². The van der Waals surface area contributed by atoms with Crippen molar-refractivity contribution in [3.05, 3.63) is 34.3 Å². The molecule has 1 aliphatic carbocycles. The lowest BCUT2D eigenvalue weighted by Gasteiger charge is -2.29. The van der Waals surface area contributed by atoms with Crippen LogP contribution in [0.2, 0.25) is 5.02 Å². The molecule has 3 heteroatoms. The molecule has 1 N–H and O–H groups in total. The van der Waals surface area contributed by atoms with Crippen LogP contribution >= 0.6 is 11.6 Å². The van der Waals surface area contributed by atoms with Crippen LogP contribution in [0.4, 0.5) is 0 Å². The van der Waals surface area contributed by atoms with Gasteiger partial charge in [0.1, 0.15) is 0 Å². The molecule has 1 unspecified atom stereocenters. The molecule has 1 atom stereocenters. The lowest BCUT2D eigenvalue weighted by molar-refractivity contribution is 0.211. The second kappa shape index (κ2) is 5.85. The van der Waals surface area contributed by atoms with E-state index in [1.54, 1.807) is 0 Å². The van der Waals surface area contributed by atoms with E-state index < -0.39 is 0 Å². The lowest BCUT2D eigenvalue weighted by Crippen LogP contribution is -2.29. The fourth-order valence-electron chi connectivity index (χ4n) is 2.71. The molecule has 0 saturated carbocycles. The Morgan fingerprint density at radius 2 is 2.29 bits per heavy atom. The van der Waals surface area contributed by atoms with Gasteiger partial charge in [0.15, 0.2) is 0 Å². The number of hydrogen-bond acceptors (Lipinski definition) is 2. The van der Waals surface area contributed by atoms with Crippen LogP contribution in [0.1, 0.15) is 29.9 Å². The average molecular weight is 254 g/mol. The van der Waals surface area contributed by atoms with Crippen LogP contribution in [0.15, 0.2) is 18.2 Å². The molecular formula is C14H20ClNO. The van der Waals surface area contributed by atoms with Crippen molar-refractivity contribution < 1.29 is 5.11 Å². The molecule has 2 rings (SSSR count). The van der Waals surface area contributed by atoms with Crippen molar-refractivity contribution >= 4 is 11.6 Å². The zero-order valence-electron chi connectivity index (χ0n) is 10.3. The average Bonchev–Trinajstić information content (AvgIpc) is 2.29. The summed E-state index contributed by atoms with van der Waals surface area (Å²) in [5, 5.41) is 9.78. The summed E-state index contributed by atoms with van der Waals surface area (Å²) in [5.74, 6) is 0.590. The highest BCUT2D eigenvalue weighted by atomic mass is 35.5. The molecule has 1 aromatic rings.